The molecule has 196 valence electrons. The van der Waals surface area contributed by atoms with Crippen molar-refractivity contribution in [2.24, 2.45) is 12.0 Å². The molecule has 1 aliphatic rings. The Balaban J connectivity index is 1.78. The number of aliphatic imine (C=N–C) groups is 1. The highest BCUT2D eigenvalue weighted by molar-refractivity contribution is 6.10. The Kier molecular flexibility index (Phi) is 6.70. The van der Waals surface area contributed by atoms with Gasteiger partial charge in [-0.25, -0.2) is 14.8 Å². The number of carbonyl (C=O) groups is 3. The van der Waals surface area contributed by atoms with Gasteiger partial charge in [0.1, 0.15) is 23.3 Å². The lowest BCUT2D eigenvalue weighted by molar-refractivity contribution is -0.144. The summed E-state index contributed by atoms with van der Waals surface area (Å²) in [5, 5.41) is 0. The zero-order valence-corrected chi connectivity index (χ0v) is 21.8. The standard InChI is InChI=1S/C31H27N3O5/c1-21(36)23-11-9-22(10-12-23)19-30(20-35,28-32-17-18-34(28)2)31(25-7-5-4-6-8-25)29(37)39-27(33-31)24-13-15-26(38-3)16-14-24/h4-18,20H,19H2,1-3H3/t30-,31-/m1/s1. The van der Waals surface area contributed by atoms with E-state index in [4.69, 9.17) is 14.5 Å². The Morgan fingerprint density at radius 1 is 1.05 bits per heavy atom. The molecule has 5 rings (SSSR count). The van der Waals surface area contributed by atoms with Gasteiger partial charge in [-0.3, -0.25) is 4.79 Å². The van der Waals surface area contributed by atoms with Gasteiger partial charge in [-0.1, -0.05) is 54.6 Å². The fourth-order valence-electron chi connectivity index (χ4n) is 5.16. The van der Waals surface area contributed by atoms with E-state index in [0.29, 0.717) is 28.3 Å². The average Bonchev–Trinajstić information content (AvgIpc) is 3.56. The highest BCUT2D eigenvalue weighted by Gasteiger charge is 2.65. The number of ketones is 1. The van der Waals surface area contributed by atoms with Crippen LogP contribution in [0.3, 0.4) is 0 Å². The van der Waals surface area contributed by atoms with Gasteiger partial charge < -0.3 is 18.8 Å². The lowest BCUT2D eigenvalue weighted by Crippen LogP contribution is -2.55. The van der Waals surface area contributed by atoms with Gasteiger partial charge >= 0.3 is 5.97 Å². The molecule has 2 heterocycles. The molecule has 8 heteroatoms. The number of ether oxygens (including phenoxy) is 2. The predicted molar refractivity (Wildman–Crippen MR) is 145 cm³/mol. The number of methoxy groups -OCH3 is 1. The minimum Gasteiger partial charge on any atom is -0.497 e. The summed E-state index contributed by atoms with van der Waals surface area (Å²) in [5.41, 5.74) is -1.06. The molecule has 2 atom stereocenters. The summed E-state index contributed by atoms with van der Waals surface area (Å²) in [5.74, 6) is 0.339. The SMILES string of the molecule is COc1ccc(C2=N[C@@](c3ccccc3)([C@@](C=O)(Cc3ccc(C(C)=O)cc3)c3nccn3C)C(=O)O2)cc1. The second kappa shape index (κ2) is 10.1. The number of imidazole rings is 1. The summed E-state index contributed by atoms with van der Waals surface area (Å²) in [6, 6.07) is 22.9. The van der Waals surface area contributed by atoms with Crippen molar-refractivity contribution in [1.82, 2.24) is 9.55 Å². The summed E-state index contributed by atoms with van der Waals surface area (Å²) in [4.78, 5) is 49.0. The van der Waals surface area contributed by atoms with Gasteiger partial charge in [0.15, 0.2) is 5.78 Å². The molecule has 0 saturated carbocycles. The third-order valence-corrected chi connectivity index (χ3v) is 7.19. The summed E-state index contributed by atoms with van der Waals surface area (Å²) in [6.07, 6.45) is 4.13. The van der Waals surface area contributed by atoms with Crippen LogP contribution in [0.4, 0.5) is 0 Å². The van der Waals surface area contributed by atoms with E-state index in [1.54, 1.807) is 104 Å². The number of nitrogens with zero attached hydrogens (tertiary/aromatic N) is 3. The van der Waals surface area contributed by atoms with Gasteiger partial charge in [-0.05, 0) is 48.7 Å². The molecular weight excluding hydrogens is 494 g/mol. The maximum Gasteiger partial charge on any atom is 0.347 e. The van der Waals surface area contributed by atoms with E-state index >= 15 is 0 Å². The number of aromatic nitrogens is 2. The molecule has 0 amide bonds. The number of aryl methyl sites for hydroxylation is 1. The molecule has 0 radical (unpaired) electrons. The van der Waals surface area contributed by atoms with Crippen molar-refractivity contribution >= 4 is 23.9 Å². The average molecular weight is 522 g/mol. The van der Waals surface area contributed by atoms with Crippen LogP contribution in [0.5, 0.6) is 5.75 Å². The molecule has 0 spiro atoms. The van der Waals surface area contributed by atoms with Crippen LogP contribution in [-0.2, 0) is 38.7 Å². The maximum absolute atomic E-state index is 14.1. The number of aldehydes is 1. The van der Waals surface area contributed by atoms with E-state index in [1.165, 1.54) is 6.92 Å². The van der Waals surface area contributed by atoms with Gasteiger partial charge in [-0.2, -0.15) is 0 Å². The summed E-state index contributed by atoms with van der Waals surface area (Å²) in [6.45, 7) is 1.49. The van der Waals surface area contributed by atoms with Gasteiger partial charge in [-0.15, -0.1) is 0 Å². The second-order valence-electron chi connectivity index (χ2n) is 9.49. The third-order valence-electron chi connectivity index (χ3n) is 7.19. The summed E-state index contributed by atoms with van der Waals surface area (Å²) >= 11 is 0. The van der Waals surface area contributed by atoms with E-state index in [0.717, 1.165) is 11.8 Å². The number of cyclic esters (lactones) is 1. The number of esters is 1. The molecule has 3 aromatic carbocycles. The van der Waals surface area contributed by atoms with Crippen LogP contribution in [-0.4, -0.2) is 40.6 Å². The van der Waals surface area contributed by atoms with Crippen LogP contribution in [0.2, 0.25) is 0 Å². The molecule has 1 aromatic heterocycles. The Hall–Kier alpha value is -4.85. The molecule has 0 bridgehead atoms. The second-order valence-corrected chi connectivity index (χ2v) is 9.49. The Morgan fingerprint density at radius 3 is 2.31 bits per heavy atom. The Bertz CT molecular complexity index is 1560. The molecule has 0 fully saturated rings. The van der Waals surface area contributed by atoms with Crippen molar-refractivity contribution in [2.75, 3.05) is 7.11 Å². The van der Waals surface area contributed by atoms with E-state index in [2.05, 4.69) is 4.98 Å². The molecular formula is C31H27N3O5. The first-order valence-corrected chi connectivity index (χ1v) is 12.4. The molecule has 39 heavy (non-hydrogen) atoms. The van der Waals surface area contributed by atoms with Crippen molar-refractivity contribution in [3.05, 3.63) is 119 Å². The fourth-order valence-corrected chi connectivity index (χ4v) is 5.16. The smallest absolute Gasteiger partial charge is 0.347 e. The van der Waals surface area contributed by atoms with Crippen LogP contribution in [0.1, 0.15) is 39.8 Å². The Morgan fingerprint density at radius 2 is 1.74 bits per heavy atom. The van der Waals surface area contributed by atoms with Gasteiger partial charge in [0.2, 0.25) is 11.4 Å². The summed E-state index contributed by atoms with van der Waals surface area (Å²) in [7, 11) is 3.34. The van der Waals surface area contributed by atoms with E-state index in [9.17, 15) is 14.4 Å². The number of carbonyl (C=O) groups excluding carboxylic acids is 3. The number of hydrogen-bond donors (Lipinski definition) is 0. The van der Waals surface area contributed by atoms with Crippen LogP contribution in [0.25, 0.3) is 0 Å². The Labute approximate surface area is 225 Å². The highest BCUT2D eigenvalue weighted by Crippen LogP contribution is 2.50. The normalized spacial score (nSPS) is 18.1. The van der Waals surface area contributed by atoms with Crippen molar-refractivity contribution < 1.29 is 23.9 Å². The molecule has 1 aliphatic heterocycles. The van der Waals surface area contributed by atoms with Crippen LogP contribution in [0.15, 0.2) is 96.2 Å². The first-order valence-electron chi connectivity index (χ1n) is 12.4. The van der Waals surface area contributed by atoms with Gasteiger partial charge in [0.05, 0.1) is 7.11 Å². The van der Waals surface area contributed by atoms with E-state index in [1.807, 2.05) is 6.07 Å². The number of hydrogen-bond acceptors (Lipinski definition) is 7. The van der Waals surface area contributed by atoms with Gasteiger partial charge in [0, 0.05) is 30.6 Å². The third kappa shape index (κ3) is 4.24. The number of rotatable bonds is 9. The highest BCUT2D eigenvalue weighted by atomic mass is 16.6. The zero-order valence-electron chi connectivity index (χ0n) is 21.8. The lowest BCUT2D eigenvalue weighted by atomic mass is 9.63. The largest absolute Gasteiger partial charge is 0.497 e. The maximum atomic E-state index is 14.1. The fraction of sp³-hybridized carbons (Fsp3) is 0.194. The molecule has 4 aromatic rings. The first kappa shape index (κ1) is 25.8. The topological polar surface area (TPSA) is 99.9 Å². The number of Topliss-reactive ketones (excluding diaryl/α,β-unsaturated/α-hetero) is 1. The van der Waals surface area contributed by atoms with Crippen molar-refractivity contribution in [3.63, 3.8) is 0 Å². The lowest BCUT2D eigenvalue weighted by Gasteiger charge is -2.40. The van der Waals surface area contributed by atoms with Crippen molar-refractivity contribution in [3.8, 4) is 5.75 Å². The minimum absolute atomic E-state index is 0.0684. The summed E-state index contributed by atoms with van der Waals surface area (Å²) < 4.78 is 12.8. The van der Waals surface area contributed by atoms with Crippen molar-refractivity contribution in [1.29, 1.82) is 0 Å². The molecule has 8 nitrogen and oxygen atoms in total. The van der Waals surface area contributed by atoms with E-state index in [-0.39, 0.29) is 18.1 Å². The van der Waals surface area contributed by atoms with Gasteiger partial charge in [0.25, 0.3) is 0 Å². The quantitative estimate of drug-likeness (QED) is 0.186. The monoisotopic (exact) mass is 521 g/mol. The zero-order chi connectivity index (χ0) is 27.6. The predicted octanol–water partition coefficient (Wildman–Crippen LogP) is 4.21. The first-order chi connectivity index (χ1) is 18.8. The van der Waals surface area contributed by atoms with Crippen LogP contribution in [0, 0.1) is 0 Å². The molecule has 0 N–H and O–H groups in total. The minimum atomic E-state index is -1.79. The van der Waals surface area contributed by atoms with Crippen LogP contribution < -0.4 is 4.74 Å². The van der Waals surface area contributed by atoms with Crippen molar-refractivity contribution in [2.45, 2.75) is 24.3 Å². The van der Waals surface area contributed by atoms with E-state index < -0.39 is 16.9 Å². The number of benzene rings is 3. The molecule has 0 aliphatic carbocycles. The molecule has 0 unspecified atom stereocenters. The van der Waals surface area contributed by atoms with Crippen LogP contribution >= 0.6 is 0 Å². The molecule has 0 saturated heterocycles.